The highest BCUT2D eigenvalue weighted by atomic mass is 16.6. The number of anilines is 1. The number of non-ortho nitro benzene ring substituents is 1. The van der Waals surface area contributed by atoms with E-state index in [1.807, 2.05) is 0 Å². The first-order valence-electron chi connectivity index (χ1n) is 8.05. The van der Waals surface area contributed by atoms with E-state index in [-0.39, 0.29) is 17.1 Å². The molecule has 8 nitrogen and oxygen atoms in total. The minimum atomic E-state index is -0.652. The summed E-state index contributed by atoms with van der Waals surface area (Å²) in [6.45, 7) is 6.45. The van der Waals surface area contributed by atoms with Crippen molar-refractivity contribution in [1.29, 1.82) is 0 Å². The van der Waals surface area contributed by atoms with Crippen LogP contribution in [0.5, 0.6) is 0 Å². The monoisotopic (exact) mass is 334 g/mol. The van der Waals surface area contributed by atoms with Gasteiger partial charge in [-0.05, 0) is 37.2 Å². The second kappa shape index (κ2) is 7.37. The second-order valence-corrected chi connectivity index (χ2v) is 6.67. The molecule has 24 heavy (non-hydrogen) atoms. The molecule has 1 aromatic carbocycles. The fourth-order valence-electron chi connectivity index (χ4n) is 3.10. The lowest BCUT2D eigenvalue weighted by atomic mass is 9.76. The molecule has 0 aromatic heterocycles. The molecule has 1 saturated carbocycles. The van der Waals surface area contributed by atoms with Crippen molar-refractivity contribution < 1.29 is 9.85 Å². The molecule has 0 radical (unpaired) electrons. The van der Waals surface area contributed by atoms with Crippen molar-refractivity contribution in [3.05, 3.63) is 38.4 Å². The molecule has 1 aliphatic rings. The molecule has 1 N–H and O–H groups in total. The van der Waals surface area contributed by atoms with E-state index in [0.717, 1.165) is 31.0 Å². The van der Waals surface area contributed by atoms with Crippen LogP contribution in [0.1, 0.15) is 40.0 Å². The van der Waals surface area contributed by atoms with E-state index in [4.69, 9.17) is 0 Å². The summed E-state index contributed by atoms with van der Waals surface area (Å²) in [6.07, 6.45) is 3.07. The lowest BCUT2D eigenvalue weighted by Gasteiger charge is -2.30. The van der Waals surface area contributed by atoms with Crippen LogP contribution in [0.3, 0.4) is 0 Å². The molecular formula is C16H22N4O4. The van der Waals surface area contributed by atoms with Gasteiger partial charge in [-0.25, -0.2) is 0 Å². The smallest absolute Gasteiger partial charge is 0.272 e. The maximum Gasteiger partial charge on any atom is 0.301 e. The van der Waals surface area contributed by atoms with Gasteiger partial charge >= 0.3 is 5.69 Å². The molecule has 1 fully saturated rings. The first-order valence-corrected chi connectivity index (χ1v) is 8.05. The zero-order valence-corrected chi connectivity index (χ0v) is 14.1. The number of nitro benzene ring substituents is 2. The van der Waals surface area contributed by atoms with Gasteiger partial charge in [-0.1, -0.05) is 20.8 Å². The van der Waals surface area contributed by atoms with Gasteiger partial charge in [0.25, 0.3) is 5.69 Å². The van der Waals surface area contributed by atoms with Crippen LogP contribution in [0.15, 0.2) is 23.3 Å². The van der Waals surface area contributed by atoms with Gasteiger partial charge < -0.3 is 0 Å². The number of hydrazone groups is 1. The first kappa shape index (κ1) is 17.8. The molecular weight excluding hydrogens is 312 g/mol. The molecule has 0 saturated heterocycles. The number of hydrogen-bond donors (Lipinski definition) is 1. The molecule has 0 heterocycles. The van der Waals surface area contributed by atoms with Crippen LogP contribution in [-0.2, 0) is 0 Å². The second-order valence-electron chi connectivity index (χ2n) is 6.67. The highest BCUT2D eigenvalue weighted by Gasteiger charge is 2.27. The Hall–Kier alpha value is -2.51. The summed E-state index contributed by atoms with van der Waals surface area (Å²) in [7, 11) is 0. The lowest BCUT2D eigenvalue weighted by Crippen LogP contribution is -2.28. The van der Waals surface area contributed by atoms with E-state index >= 15 is 0 Å². The highest BCUT2D eigenvalue weighted by molar-refractivity contribution is 5.88. The Morgan fingerprint density at radius 2 is 1.92 bits per heavy atom. The Kier molecular flexibility index (Phi) is 5.48. The standard InChI is InChI=1S/C16H22N4O4/c1-10(2)13-6-4-11(3)8-15(13)18-17-14-7-5-12(19(21)22)9-16(14)20(23)24/h5,7,9-11,13,17H,4,6,8H2,1-3H3/t11-,13+/m0/s1. The van der Waals surface area contributed by atoms with Crippen LogP contribution < -0.4 is 5.43 Å². The quantitative estimate of drug-likeness (QED) is 0.635. The zero-order chi connectivity index (χ0) is 17.9. The fraction of sp³-hybridized carbons (Fsp3) is 0.562. The maximum atomic E-state index is 11.2. The van der Waals surface area contributed by atoms with Gasteiger partial charge in [0.2, 0.25) is 0 Å². The van der Waals surface area contributed by atoms with E-state index in [9.17, 15) is 20.2 Å². The zero-order valence-electron chi connectivity index (χ0n) is 14.1. The summed E-state index contributed by atoms with van der Waals surface area (Å²) in [5.74, 6) is 1.34. The molecule has 1 aliphatic carbocycles. The van der Waals surface area contributed by atoms with Gasteiger partial charge in [0.05, 0.1) is 15.9 Å². The van der Waals surface area contributed by atoms with E-state index in [1.54, 1.807) is 0 Å². The third-order valence-corrected chi connectivity index (χ3v) is 4.47. The van der Waals surface area contributed by atoms with Crippen molar-refractivity contribution in [3.63, 3.8) is 0 Å². The van der Waals surface area contributed by atoms with Crippen LogP contribution >= 0.6 is 0 Å². The largest absolute Gasteiger partial charge is 0.301 e. The predicted octanol–water partition coefficient (Wildman–Crippen LogP) is 4.36. The third kappa shape index (κ3) is 4.06. The number of rotatable bonds is 5. The van der Waals surface area contributed by atoms with E-state index in [0.29, 0.717) is 17.8 Å². The van der Waals surface area contributed by atoms with Crippen molar-refractivity contribution in [2.24, 2.45) is 22.9 Å². The van der Waals surface area contributed by atoms with Crippen LogP contribution in [0.4, 0.5) is 17.1 Å². The summed E-state index contributed by atoms with van der Waals surface area (Å²) in [5.41, 5.74) is 3.27. The van der Waals surface area contributed by atoms with Gasteiger partial charge in [0.1, 0.15) is 5.69 Å². The molecule has 0 spiro atoms. The van der Waals surface area contributed by atoms with Gasteiger partial charge in [-0.2, -0.15) is 5.10 Å². The summed E-state index contributed by atoms with van der Waals surface area (Å²) in [5, 5.41) is 26.4. The fourth-order valence-corrected chi connectivity index (χ4v) is 3.10. The number of benzene rings is 1. The van der Waals surface area contributed by atoms with Gasteiger partial charge in [0, 0.05) is 17.7 Å². The average molecular weight is 334 g/mol. The molecule has 130 valence electrons. The average Bonchev–Trinajstić information content (AvgIpc) is 2.52. The minimum absolute atomic E-state index is 0.166. The first-order chi connectivity index (χ1) is 11.3. The molecule has 0 aliphatic heterocycles. The van der Waals surface area contributed by atoms with Crippen LogP contribution in [0, 0.1) is 38.0 Å². The van der Waals surface area contributed by atoms with Crippen molar-refractivity contribution in [2.75, 3.05) is 5.43 Å². The van der Waals surface area contributed by atoms with Crippen LogP contribution in [0.25, 0.3) is 0 Å². The summed E-state index contributed by atoms with van der Waals surface area (Å²) in [4.78, 5) is 20.7. The number of hydrogen-bond acceptors (Lipinski definition) is 6. The number of nitrogens with one attached hydrogen (secondary N) is 1. The Balaban J connectivity index is 2.29. The molecule has 0 amide bonds. The topological polar surface area (TPSA) is 111 Å². The number of nitro groups is 2. The summed E-state index contributed by atoms with van der Waals surface area (Å²) < 4.78 is 0. The Bertz CT molecular complexity index is 672. The van der Waals surface area contributed by atoms with Crippen LogP contribution in [0.2, 0.25) is 0 Å². The molecule has 8 heteroatoms. The van der Waals surface area contributed by atoms with Gasteiger partial charge in [0.15, 0.2) is 0 Å². The van der Waals surface area contributed by atoms with E-state index in [1.165, 1.54) is 12.1 Å². The Labute approximate surface area is 140 Å². The normalized spacial score (nSPS) is 22.6. The van der Waals surface area contributed by atoms with Gasteiger partial charge in [-0.3, -0.25) is 25.7 Å². The predicted molar refractivity (Wildman–Crippen MR) is 92.2 cm³/mol. The van der Waals surface area contributed by atoms with Gasteiger partial charge in [-0.15, -0.1) is 0 Å². The van der Waals surface area contributed by atoms with E-state index < -0.39 is 9.85 Å². The Morgan fingerprint density at radius 1 is 1.21 bits per heavy atom. The van der Waals surface area contributed by atoms with Crippen LogP contribution in [-0.4, -0.2) is 15.6 Å². The molecule has 0 unspecified atom stereocenters. The molecule has 2 atom stereocenters. The molecule has 0 bridgehead atoms. The number of nitrogens with zero attached hydrogens (tertiary/aromatic N) is 3. The molecule has 1 aromatic rings. The third-order valence-electron chi connectivity index (χ3n) is 4.47. The lowest BCUT2D eigenvalue weighted by molar-refractivity contribution is -0.393. The Morgan fingerprint density at radius 3 is 2.50 bits per heavy atom. The molecule has 2 rings (SSSR count). The maximum absolute atomic E-state index is 11.2. The van der Waals surface area contributed by atoms with Crippen molar-refractivity contribution in [3.8, 4) is 0 Å². The summed E-state index contributed by atoms with van der Waals surface area (Å²) >= 11 is 0. The highest BCUT2D eigenvalue weighted by Crippen LogP contribution is 2.33. The van der Waals surface area contributed by atoms with Crippen molar-refractivity contribution >= 4 is 22.8 Å². The van der Waals surface area contributed by atoms with Crippen molar-refractivity contribution in [2.45, 2.75) is 40.0 Å². The van der Waals surface area contributed by atoms with Crippen molar-refractivity contribution in [1.82, 2.24) is 0 Å². The summed E-state index contributed by atoms with van der Waals surface area (Å²) in [6, 6.07) is 3.52. The van der Waals surface area contributed by atoms with E-state index in [2.05, 4.69) is 31.3 Å². The minimum Gasteiger partial charge on any atom is -0.272 e. The SMILES string of the molecule is CC(C)[C@H]1CC[C@H](C)CC1=NNc1ccc([N+](=O)[O-])cc1[N+](=O)[O-].